The summed E-state index contributed by atoms with van der Waals surface area (Å²) in [5.41, 5.74) is 1.59. The van der Waals surface area contributed by atoms with Gasteiger partial charge in [-0.2, -0.15) is 0 Å². The smallest absolute Gasteiger partial charge is 0.319 e. The Hall–Kier alpha value is -2.76. The van der Waals surface area contributed by atoms with Crippen LogP contribution < -0.4 is 16.0 Å². The molecule has 0 saturated carbocycles. The number of benzene rings is 1. The summed E-state index contributed by atoms with van der Waals surface area (Å²) in [6.07, 6.45) is 2.47. The molecule has 6 heteroatoms. The Morgan fingerprint density at radius 3 is 2.70 bits per heavy atom. The van der Waals surface area contributed by atoms with Crippen molar-refractivity contribution in [1.29, 1.82) is 0 Å². The third kappa shape index (κ3) is 3.53. The predicted octanol–water partition coefficient (Wildman–Crippen LogP) is 2.59. The zero-order chi connectivity index (χ0) is 16.2. The second-order valence-corrected chi connectivity index (χ2v) is 5.69. The van der Waals surface area contributed by atoms with E-state index in [9.17, 15) is 9.59 Å². The van der Waals surface area contributed by atoms with E-state index in [2.05, 4.69) is 16.0 Å². The van der Waals surface area contributed by atoms with E-state index in [1.165, 1.54) is 0 Å². The standard InChI is InChI=1S/C17H19N3O3/c1-11-8-9-18-16(21)15(11)20-17(22)19-13-6-4-12(5-7-13)14-3-2-10-23-14/h2-7,10-11,15H,8-9H2,1H3,(H,18,21)(H2,19,20,22). The molecule has 2 unspecified atom stereocenters. The van der Waals surface area contributed by atoms with Gasteiger partial charge in [-0.15, -0.1) is 0 Å². The normalized spacial score (nSPS) is 20.7. The van der Waals surface area contributed by atoms with Gasteiger partial charge < -0.3 is 20.4 Å². The third-order valence-electron chi connectivity index (χ3n) is 3.99. The third-order valence-corrected chi connectivity index (χ3v) is 3.99. The van der Waals surface area contributed by atoms with Crippen LogP contribution in [0.3, 0.4) is 0 Å². The lowest BCUT2D eigenvalue weighted by atomic mass is 9.94. The first-order valence-corrected chi connectivity index (χ1v) is 7.62. The van der Waals surface area contributed by atoms with Crippen LogP contribution in [0.15, 0.2) is 47.1 Å². The first-order chi connectivity index (χ1) is 11.1. The van der Waals surface area contributed by atoms with E-state index in [1.54, 1.807) is 18.4 Å². The van der Waals surface area contributed by atoms with Crippen LogP contribution in [0.2, 0.25) is 0 Å². The van der Waals surface area contributed by atoms with Crippen molar-refractivity contribution in [2.75, 3.05) is 11.9 Å². The molecule has 1 aromatic carbocycles. The van der Waals surface area contributed by atoms with Gasteiger partial charge in [-0.1, -0.05) is 6.92 Å². The Morgan fingerprint density at radius 1 is 1.26 bits per heavy atom. The molecule has 23 heavy (non-hydrogen) atoms. The fraction of sp³-hybridized carbons (Fsp3) is 0.294. The molecule has 6 nitrogen and oxygen atoms in total. The minimum atomic E-state index is -0.494. The van der Waals surface area contributed by atoms with Crippen molar-refractivity contribution >= 4 is 17.6 Å². The van der Waals surface area contributed by atoms with Gasteiger partial charge in [0, 0.05) is 17.8 Å². The zero-order valence-electron chi connectivity index (χ0n) is 12.8. The first-order valence-electron chi connectivity index (χ1n) is 7.62. The number of urea groups is 1. The highest BCUT2D eigenvalue weighted by Crippen LogP contribution is 2.21. The van der Waals surface area contributed by atoms with E-state index >= 15 is 0 Å². The van der Waals surface area contributed by atoms with Crippen LogP contribution in [0.1, 0.15) is 13.3 Å². The molecular weight excluding hydrogens is 294 g/mol. The highest BCUT2D eigenvalue weighted by atomic mass is 16.3. The maximum Gasteiger partial charge on any atom is 0.319 e. The van der Waals surface area contributed by atoms with Crippen LogP contribution in [0.25, 0.3) is 11.3 Å². The van der Waals surface area contributed by atoms with E-state index in [1.807, 2.05) is 31.2 Å². The number of hydrogen-bond donors (Lipinski definition) is 3. The zero-order valence-corrected chi connectivity index (χ0v) is 12.8. The maximum atomic E-state index is 12.1. The molecule has 120 valence electrons. The van der Waals surface area contributed by atoms with Gasteiger partial charge in [0.1, 0.15) is 11.8 Å². The molecule has 0 bridgehead atoms. The Labute approximate surface area is 134 Å². The molecule has 3 N–H and O–H groups in total. The van der Waals surface area contributed by atoms with Crippen molar-refractivity contribution in [2.45, 2.75) is 19.4 Å². The molecule has 0 spiro atoms. The average molecular weight is 313 g/mol. The molecular formula is C17H19N3O3. The average Bonchev–Trinajstić information content (AvgIpc) is 3.06. The number of piperidine rings is 1. The van der Waals surface area contributed by atoms with Crippen molar-refractivity contribution in [1.82, 2.24) is 10.6 Å². The summed E-state index contributed by atoms with van der Waals surface area (Å²) in [5.74, 6) is 0.761. The van der Waals surface area contributed by atoms with Gasteiger partial charge in [-0.3, -0.25) is 4.79 Å². The molecule has 1 fully saturated rings. The number of furan rings is 1. The number of hydrogen-bond acceptors (Lipinski definition) is 3. The van der Waals surface area contributed by atoms with Crippen molar-refractivity contribution in [3.05, 3.63) is 42.7 Å². The highest BCUT2D eigenvalue weighted by molar-refractivity contribution is 5.94. The fourth-order valence-corrected chi connectivity index (χ4v) is 2.63. The van der Waals surface area contributed by atoms with Gasteiger partial charge in [0.2, 0.25) is 5.91 Å². The molecule has 0 aliphatic carbocycles. The van der Waals surface area contributed by atoms with Crippen molar-refractivity contribution in [2.24, 2.45) is 5.92 Å². The molecule has 3 rings (SSSR count). The number of anilines is 1. The molecule has 1 aliphatic rings. The highest BCUT2D eigenvalue weighted by Gasteiger charge is 2.29. The lowest BCUT2D eigenvalue weighted by Crippen LogP contribution is -2.55. The summed E-state index contributed by atoms with van der Waals surface area (Å²) in [6, 6.07) is 10.1. The second-order valence-electron chi connectivity index (χ2n) is 5.69. The second kappa shape index (κ2) is 6.56. The number of carbonyl (C=O) groups is 2. The quantitative estimate of drug-likeness (QED) is 0.814. The number of rotatable bonds is 3. The molecule has 1 aliphatic heterocycles. The fourth-order valence-electron chi connectivity index (χ4n) is 2.63. The van der Waals surface area contributed by atoms with Crippen LogP contribution in [0.5, 0.6) is 0 Å². The van der Waals surface area contributed by atoms with Crippen molar-refractivity contribution in [3.8, 4) is 11.3 Å². The van der Waals surface area contributed by atoms with E-state index in [-0.39, 0.29) is 17.9 Å². The van der Waals surface area contributed by atoms with Crippen LogP contribution in [-0.2, 0) is 4.79 Å². The first kappa shape index (κ1) is 15.1. The minimum Gasteiger partial charge on any atom is -0.464 e. The van der Waals surface area contributed by atoms with Crippen LogP contribution in [0, 0.1) is 5.92 Å². The number of carbonyl (C=O) groups excluding carboxylic acids is 2. The van der Waals surface area contributed by atoms with Gasteiger partial charge in [0.05, 0.1) is 6.26 Å². The minimum absolute atomic E-state index is 0.121. The topological polar surface area (TPSA) is 83.4 Å². The maximum absolute atomic E-state index is 12.1. The molecule has 1 aromatic heterocycles. The summed E-state index contributed by atoms with van der Waals surface area (Å²) in [5, 5.41) is 8.23. The summed E-state index contributed by atoms with van der Waals surface area (Å²) >= 11 is 0. The monoisotopic (exact) mass is 313 g/mol. The molecule has 3 amide bonds. The molecule has 2 heterocycles. The molecule has 2 atom stereocenters. The summed E-state index contributed by atoms with van der Waals surface area (Å²) in [4.78, 5) is 23.9. The van der Waals surface area contributed by atoms with E-state index in [0.717, 1.165) is 17.7 Å². The summed E-state index contributed by atoms with van der Waals surface area (Å²) in [6.45, 7) is 2.62. The van der Waals surface area contributed by atoms with Crippen molar-refractivity contribution in [3.63, 3.8) is 0 Å². The Morgan fingerprint density at radius 2 is 2.04 bits per heavy atom. The summed E-state index contributed by atoms with van der Waals surface area (Å²) in [7, 11) is 0. The molecule has 1 saturated heterocycles. The van der Waals surface area contributed by atoms with Gasteiger partial charge in [0.25, 0.3) is 0 Å². The van der Waals surface area contributed by atoms with E-state index in [0.29, 0.717) is 12.2 Å². The Kier molecular flexibility index (Phi) is 4.32. The van der Waals surface area contributed by atoms with Gasteiger partial charge in [-0.25, -0.2) is 4.79 Å². The predicted molar refractivity (Wildman–Crippen MR) is 86.9 cm³/mol. The Balaban J connectivity index is 1.60. The van der Waals surface area contributed by atoms with Gasteiger partial charge >= 0.3 is 6.03 Å². The molecule has 0 radical (unpaired) electrons. The van der Waals surface area contributed by atoms with Crippen LogP contribution in [0.4, 0.5) is 10.5 Å². The van der Waals surface area contributed by atoms with Gasteiger partial charge in [-0.05, 0) is 48.7 Å². The molecule has 2 aromatic rings. The number of amides is 3. The lowest BCUT2D eigenvalue weighted by Gasteiger charge is -2.28. The van der Waals surface area contributed by atoms with Crippen LogP contribution >= 0.6 is 0 Å². The largest absolute Gasteiger partial charge is 0.464 e. The van der Waals surface area contributed by atoms with Crippen LogP contribution in [-0.4, -0.2) is 24.5 Å². The van der Waals surface area contributed by atoms with Gasteiger partial charge in [0.15, 0.2) is 0 Å². The summed E-state index contributed by atoms with van der Waals surface area (Å²) < 4.78 is 5.32. The van der Waals surface area contributed by atoms with E-state index < -0.39 is 6.04 Å². The van der Waals surface area contributed by atoms with Crippen molar-refractivity contribution < 1.29 is 14.0 Å². The Bertz CT molecular complexity index is 680. The lowest BCUT2D eigenvalue weighted by molar-refractivity contribution is -0.125. The number of nitrogens with one attached hydrogen (secondary N) is 3. The SMILES string of the molecule is CC1CCNC(=O)C1NC(=O)Nc1ccc(-c2ccco2)cc1. The van der Waals surface area contributed by atoms with E-state index in [4.69, 9.17) is 4.42 Å².